The smallest absolute Gasteiger partial charge is 0.140 e. The fourth-order valence-corrected chi connectivity index (χ4v) is 1.72. The van der Waals surface area contributed by atoms with Crippen LogP contribution < -0.4 is 0 Å². The molecule has 1 aromatic carbocycles. The Labute approximate surface area is 83.6 Å². The molecule has 0 spiro atoms. The maximum Gasteiger partial charge on any atom is 0.140 e. The average molecular weight is 190 g/mol. The minimum Gasteiger partial charge on any atom is -0.508 e. The Morgan fingerprint density at radius 3 is 2.50 bits per heavy atom. The molecule has 14 heavy (non-hydrogen) atoms. The van der Waals surface area contributed by atoms with Crippen LogP contribution in [0.4, 0.5) is 0 Å². The van der Waals surface area contributed by atoms with E-state index in [2.05, 4.69) is 6.92 Å². The fraction of sp³-hybridized carbons (Fsp3) is 0.417. The summed E-state index contributed by atoms with van der Waals surface area (Å²) in [6, 6.07) is 6.86. The van der Waals surface area contributed by atoms with Gasteiger partial charge in [-0.3, -0.25) is 4.79 Å². The summed E-state index contributed by atoms with van der Waals surface area (Å²) in [5, 5.41) is 9.07. The molecule has 1 saturated carbocycles. The number of phenols is 1. The van der Waals surface area contributed by atoms with Gasteiger partial charge in [0.1, 0.15) is 11.5 Å². The Hall–Kier alpha value is -1.31. The second-order valence-corrected chi connectivity index (χ2v) is 4.13. The predicted molar refractivity (Wildman–Crippen MR) is 54.1 cm³/mol. The van der Waals surface area contributed by atoms with Crippen LogP contribution in [0.1, 0.15) is 18.9 Å². The van der Waals surface area contributed by atoms with E-state index in [1.807, 2.05) is 0 Å². The summed E-state index contributed by atoms with van der Waals surface area (Å²) in [5.41, 5.74) is 0.993. The molecule has 1 fully saturated rings. The summed E-state index contributed by atoms with van der Waals surface area (Å²) in [4.78, 5) is 11.6. The van der Waals surface area contributed by atoms with Crippen LogP contribution in [0, 0.1) is 11.8 Å². The van der Waals surface area contributed by atoms with Crippen LogP contribution in [-0.2, 0) is 11.2 Å². The van der Waals surface area contributed by atoms with Crippen molar-refractivity contribution in [1.82, 2.24) is 0 Å². The van der Waals surface area contributed by atoms with Crippen LogP contribution in [-0.4, -0.2) is 10.9 Å². The van der Waals surface area contributed by atoms with Gasteiger partial charge in [-0.15, -0.1) is 0 Å². The zero-order chi connectivity index (χ0) is 10.1. The second-order valence-electron chi connectivity index (χ2n) is 4.13. The molecular weight excluding hydrogens is 176 g/mol. The van der Waals surface area contributed by atoms with Crippen molar-refractivity contribution in [2.45, 2.75) is 19.8 Å². The lowest BCUT2D eigenvalue weighted by Gasteiger charge is -2.00. The summed E-state index contributed by atoms with van der Waals surface area (Å²) < 4.78 is 0. The first kappa shape index (κ1) is 9.25. The Balaban J connectivity index is 1.97. The number of rotatable bonds is 3. The Bertz CT molecular complexity index is 340. The highest BCUT2D eigenvalue weighted by atomic mass is 16.3. The molecule has 1 aromatic rings. The molecule has 2 atom stereocenters. The van der Waals surface area contributed by atoms with Crippen LogP contribution in [0.15, 0.2) is 24.3 Å². The molecule has 0 aliphatic heterocycles. The van der Waals surface area contributed by atoms with Gasteiger partial charge >= 0.3 is 0 Å². The highest BCUT2D eigenvalue weighted by Crippen LogP contribution is 2.39. The minimum atomic E-state index is 0.251. The highest BCUT2D eigenvalue weighted by molar-refractivity contribution is 5.85. The fourth-order valence-electron chi connectivity index (χ4n) is 1.72. The van der Waals surface area contributed by atoms with Crippen molar-refractivity contribution in [3.05, 3.63) is 29.8 Å². The first-order chi connectivity index (χ1) is 6.66. The van der Waals surface area contributed by atoms with E-state index >= 15 is 0 Å². The van der Waals surface area contributed by atoms with Gasteiger partial charge in [-0.1, -0.05) is 19.1 Å². The Morgan fingerprint density at radius 1 is 1.43 bits per heavy atom. The van der Waals surface area contributed by atoms with E-state index in [1.54, 1.807) is 24.3 Å². The number of phenolic OH excluding ortho intramolecular Hbond substituents is 1. The largest absolute Gasteiger partial charge is 0.508 e. The zero-order valence-electron chi connectivity index (χ0n) is 8.23. The zero-order valence-corrected chi connectivity index (χ0v) is 8.23. The van der Waals surface area contributed by atoms with Gasteiger partial charge in [0.15, 0.2) is 0 Å². The molecule has 0 amide bonds. The number of hydrogen-bond donors (Lipinski definition) is 1. The van der Waals surface area contributed by atoms with Gasteiger partial charge in [-0.25, -0.2) is 0 Å². The van der Waals surface area contributed by atoms with Crippen molar-refractivity contribution < 1.29 is 9.90 Å². The Kier molecular flexibility index (Phi) is 2.28. The van der Waals surface area contributed by atoms with E-state index in [-0.39, 0.29) is 5.75 Å². The average Bonchev–Trinajstić information content (AvgIpc) is 2.87. The Morgan fingerprint density at radius 2 is 2.00 bits per heavy atom. The monoisotopic (exact) mass is 190 g/mol. The molecule has 2 nitrogen and oxygen atoms in total. The number of carbonyl (C=O) groups excluding carboxylic acids is 1. The third-order valence-electron chi connectivity index (χ3n) is 2.84. The van der Waals surface area contributed by atoms with Crippen molar-refractivity contribution in [2.24, 2.45) is 11.8 Å². The lowest BCUT2D eigenvalue weighted by atomic mass is 10.1. The van der Waals surface area contributed by atoms with Crippen molar-refractivity contribution in [2.75, 3.05) is 0 Å². The second kappa shape index (κ2) is 3.45. The van der Waals surface area contributed by atoms with Crippen molar-refractivity contribution in [1.29, 1.82) is 0 Å². The first-order valence-electron chi connectivity index (χ1n) is 4.97. The van der Waals surface area contributed by atoms with E-state index in [4.69, 9.17) is 5.11 Å². The van der Waals surface area contributed by atoms with E-state index in [9.17, 15) is 4.79 Å². The summed E-state index contributed by atoms with van der Waals surface area (Å²) >= 11 is 0. The van der Waals surface area contributed by atoms with E-state index < -0.39 is 0 Å². The van der Waals surface area contributed by atoms with Gasteiger partial charge in [0.25, 0.3) is 0 Å². The minimum absolute atomic E-state index is 0.251. The summed E-state index contributed by atoms with van der Waals surface area (Å²) in [7, 11) is 0. The van der Waals surface area contributed by atoms with Crippen molar-refractivity contribution >= 4 is 5.78 Å². The lowest BCUT2D eigenvalue weighted by molar-refractivity contribution is -0.119. The van der Waals surface area contributed by atoms with Crippen LogP contribution in [0.3, 0.4) is 0 Å². The molecule has 0 aromatic heterocycles. The van der Waals surface area contributed by atoms with E-state index in [1.165, 1.54) is 0 Å². The number of Topliss-reactive ketones (excluding diaryl/α,β-unsaturated/α-hetero) is 1. The molecular formula is C12H14O2. The topological polar surface area (TPSA) is 37.3 Å². The quantitative estimate of drug-likeness (QED) is 0.793. The van der Waals surface area contributed by atoms with Crippen molar-refractivity contribution in [3.8, 4) is 5.75 Å². The van der Waals surface area contributed by atoms with Crippen LogP contribution in [0.2, 0.25) is 0 Å². The van der Waals surface area contributed by atoms with E-state index in [0.717, 1.165) is 12.0 Å². The molecule has 2 rings (SSSR count). The third kappa shape index (κ3) is 1.95. The molecule has 0 heterocycles. The molecule has 0 saturated heterocycles. The van der Waals surface area contributed by atoms with Crippen LogP contribution in [0.5, 0.6) is 5.75 Å². The third-order valence-corrected chi connectivity index (χ3v) is 2.84. The number of carbonyl (C=O) groups is 1. The number of ketones is 1. The van der Waals surface area contributed by atoms with Gasteiger partial charge < -0.3 is 5.11 Å². The summed E-state index contributed by atoms with van der Waals surface area (Å²) in [5.74, 6) is 1.47. The normalized spacial score (nSPS) is 24.6. The van der Waals surface area contributed by atoms with Gasteiger partial charge in [-0.05, 0) is 30.0 Å². The standard InChI is InChI=1S/C12H14O2/c1-8-6-11(8)12(14)7-9-2-4-10(13)5-3-9/h2-5,8,11,13H,6-7H2,1H3. The number of benzene rings is 1. The molecule has 1 aliphatic carbocycles. The molecule has 0 bridgehead atoms. The first-order valence-corrected chi connectivity index (χ1v) is 4.97. The maximum absolute atomic E-state index is 11.6. The van der Waals surface area contributed by atoms with Gasteiger partial charge in [0, 0.05) is 12.3 Å². The molecule has 2 heteroatoms. The van der Waals surface area contributed by atoms with Crippen LogP contribution >= 0.6 is 0 Å². The molecule has 74 valence electrons. The van der Waals surface area contributed by atoms with E-state index in [0.29, 0.717) is 24.0 Å². The number of hydrogen-bond acceptors (Lipinski definition) is 2. The van der Waals surface area contributed by atoms with Crippen molar-refractivity contribution in [3.63, 3.8) is 0 Å². The molecule has 1 N–H and O–H groups in total. The number of aromatic hydroxyl groups is 1. The lowest BCUT2D eigenvalue weighted by Crippen LogP contribution is -2.05. The molecule has 0 radical (unpaired) electrons. The predicted octanol–water partition coefficient (Wildman–Crippen LogP) is 2.16. The summed E-state index contributed by atoms with van der Waals surface area (Å²) in [6.45, 7) is 2.11. The molecule has 2 unspecified atom stereocenters. The molecule has 1 aliphatic rings. The maximum atomic E-state index is 11.6. The van der Waals surface area contributed by atoms with Gasteiger partial charge in [0.2, 0.25) is 0 Å². The highest BCUT2D eigenvalue weighted by Gasteiger charge is 2.38. The van der Waals surface area contributed by atoms with Crippen LogP contribution in [0.25, 0.3) is 0 Å². The SMILES string of the molecule is CC1CC1C(=O)Cc1ccc(O)cc1. The van der Waals surface area contributed by atoms with Gasteiger partial charge in [-0.2, -0.15) is 0 Å². The van der Waals surface area contributed by atoms with Gasteiger partial charge in [0.05, 0.1) is 0 Å². The summed E-state index contributed by atoms with van der Waals surface area (Å²) in [6.07, 6.45) is 1.56.